The van der Waals surface area contributed by atoms with Gasteiger partial charge in [0.05, 0.1) is 33.5 Å². The van der Waals surface area contributed by atoms with Gasteiger partial charge in [-0.15, -0.1) is 10.2 Å². The number of aromatic amines is 2. The maximum absolute atomic E-state index is 12.7. The molecule has 5 aromatic carbocycles. The van der Waals surface area contributed by atoms with Crippen LogP contribution in [0, 0.1) is 0 Å². The van der Waals surface area contributed by atoms with Crippen molar-refractivity contribution in [1.29, 1.82) is 0 Å². The van der Waals surface area contributed by atoms with E-state index in [0.29, 0.717) is 0 Å². The van der Waals surface area contributed by atoms with E-state index in [1.807, 2.05) is 0 Å². The fraction of sp³-hybridized carbons (Fsp3) is 0.0606. The minimum atomic E-state index is -5.16. The van der Waals surface area contributed by atoms with Gasteiger partial charge in [-0.3, -0.25) is 23.2 Å². The molecule has 0 aliphatic rings. The van der Waals surface area contributed by atoms with Crippen molar-refractivity contribution in [2.24, 2.45) is 20.2 Å². The number of phenols is 1. The molecule has 0 saturated carbocycles. The molecule has 336 valence electrons. The van der Waals surface area contributed by atoms with Gasteiger partial charge in [0.2, 0.25) is 16.5 Å². The summed E-state index contributed by atoms with van der Waals surface area (Å²) in [6.45, 7) is -0.874. The zero-order chi connectivity index (χ0) is 46.1. The number of nitrogens with zero attached hydrogens (tertiary/aromatic N) is 5. The maximum Gasteiger partial charge on any atom is 0.397 e. The molecule has 34 heteroatoms. The van der Waals surface area contributed by atoms with Crippen molar-refractivity contribution in [2.75, 3.05) is 17.7 Å². The van der Waals surface area contributed by atoms with Crippen molar-refractivity contribution < 1.29 is 69.6 Å². The Kier molecular flexibility index (Phi) is 22.3. The minimum Gasteiger partial charge on any atom is -0.505 e. The van der Waals surface area contributed by atoms with Crippen molar-refractivity contribution in [3.05, 3.63) is 108 Å². The van der Waals surface area contributed by atoms with Crippen molar-refractivity contribution >= 4 is 225 Å². The zero-order valence-corrected chi connectivity index (χ0v) is 47.8. The molecule has 67 heavy (non-hydrogen) atoms. The second kappa shape index (κ2) is 24.4. The number of sulfone groups is 1. The van der Waals surface area contributed by atoms with Crippen molar-refractivity contribution in [3.8, 4) is 5.75 Å². The first-order valence-electron chi connectivity index (χ1n) is 16.8. The Morgan fingerprint density at radius 1 is 0.642 bits per heavy atom. The second-order valence-electron chi connectivity index (χ2n) is 12.6. The number of benzene rings is 5. The number of nitrogens with one attached hydrogen (secondary N) is 3. The van der Waals surface area contributed by atoms with Crippen molar-refractivity contribution in [1.82, 2.24) is 15.0 Å². The molecule has 4 radical (unpaired) electrons. The summed E-state index contributed by atoms with van der Waals surface area (Å²) in [4.78, 5) is 15.0. The molecular formula is C33H27ClN8Na4O16S5. The molecule has 0 atom stereocenters. The van der Waals surface area contributed by atoms with E-state index < -0.39 is 94.8 Å². The van der Waals surface area contributed by atoms with Gasteiger partial charge in [0, 0.05) is 135 Å². The monoisotopic (exact) mass is 1080 g/mol. The van der Waals surface area contributed by atoms with Crippen LogP contribution in [0.15, 0.2) is 131 Å². The summed E-state index contributed by atoms with van der Waals surface area (Å²) in [5.41, 5.74) is -1.76. The van der Waals surface area contributed by atoms with Crippen LogP contribution in [-0.4, -0.2) is 211 Å². The fourth-order valence-electron chi connectivity index (χ4n) is 5.45. The molecule has 0 amide bonds. The summed E-state index contributed by atoms with van der Waals surface area (Å²) in [5.74, 6) is -1.70. The molecule has 0 spiro atoms. The van der Waals surface area contributed by atoms with Gasteiger partial charge in [-0.1, -0.05) is 18.2 Å². The summed E-state index contributed by atoms with van der Waals surface area (Å²) >= 11 is 6.13. The van der Waals surface area contributed by atoms with Crippen LogP contribution in [0.3, 0.4) is 0 Å². The zero-order valence-electron chi connectivity index (χ0n) is 35.0. The molecular weight excluding hydrogens is 1050 g/mol. The summed E-state index contributed by atoms with van der Waals surface area (Å²) in [6.07, 6.45) is 0. The second-order valence-corrected chi connectivity index (χ2v) is 20.3. The number of hydrogen-bond donors (Lipinski definition) is 8. The van der Waals surface area contributed by atoms with E-state index in [4.69, 9.17) is 16.2 Å². The minimum absolute atomic E-state index is 0. The molecule has 6 aromatic rings. The number of rotatable bonds is 14. The number of fused-ring (bicyclic) bond motifs is 1. The number of anilines is 2. The Hall–Kier alpha value is -1.99. The molecule has 1 aromatic heterocycles. The predicted octanol–water partition coefficient (Wildman–Crippen LogP) is 2.68. The third-order valence-electron chi connectivity index (χ3n) is 8.12. The third-order valence-corrected chi connectivity index (χ3v) is 13.1. The van der Waals surface area contributed by atoms with E-state index in [0.717, 1.165) is 42.5 Å². The van der Waals surface area contributed by atoms with Crippen LogP contribution in [-0.2, 0) is 54.8 Å². The Labute approximate surface area is 474 Å². The van der Waals surface area contributed by atoms with E-state index in [9.17, 15) is 60.9 Å². The van der Waals surface area contributed by atoms with Crippen LogP contribution in [0.25, 0.3) is 10.8 Å². The van der Waals surface area contributed by atoms with E-state index >= 15 is 0 Å². The van der Waals surface area contributed by atoms with Crippen LogP contribution in [0.2, 0.25) is 5.28 Å². The van der Waals surface area contributed by atoms with Crippen LogP contribution < -0.4 is 16.6 Å². The Bertz CT molecular complexity index is 3610. The molecule has 0 aliphatic heterocycles. The third kappa shape index (κ3) is 16.8. The van der Waals surface area contributed by atoms with Gasteiger partial charge in [0.25, 0.3) is 30.4 Å². The quantitative estimate of drug-likeness (QED) is 0.0441. The normalized spacial score (nSPS) is 12.7. The average Bonchev–Trinajstić information content (AvgIpc) is 3.16. The molecule has 6 rings (SSSR count). The maximum atomic E-state index is 12.7. The smallest absolute Gasteiger partial charge is 0.397 e. The van der Waals surface area contributed by atoms with E-state index in [-0.39, 0.29) is 173 Å². The largest absolute Gasteiger partial charge is 0.505 e. The first-order valence-corrected chi connectivity index (χ1v) is 24.5. The van der Waals surface area contributed by atoms with Crippen molar-refractivity contribution in [3.63, 3.8) is 0 Å². The number of aromatic nitrogens is 3. The first-order chi connectivity index (χ1) is 29.2. The SMILES string of the molecule is O=S(=O)(O)OCCS(=O)(=O)c1cccc(N=c2nc(Cl)[nH]c(=Nc3ccc(S(=O)(=O)O)c(N=Nc4c(S(=O)(=O)O)cc5ccc(Nc6cccc(S(=O)(=O)O)c6)cc5c4O)c3)[nH]2)c1.[Na].[Na].[Na].[Na]. The molecule has 8 N–H and O–H groups in total. The van der Waals surface area contributed by atoms with Crippen LogP contribution in [0.1, 0.15) is 0 Å². The van der Waals surface area contributed by atoms with Gasteiger partial charge in [0.1, 0.15) is 21.2 Å². The Morgan fingerprint density at radius 3 is 1.91 bits per heavy atom. The first kappa shape index (κ1) is 61.1. The van der Waals surface area contributed by atoms with Gasteiger partial charge < -0.3 is 15.4 Å². The predicted molar refractivity (Wildman–Crippen MR) is 243 cm³/mol. The summed E-state index contributed by atoms with van der Waals surface area (Å²) < 4.78 is 162. The molecule has 24 nitrogen and oxygen atoms in total. The molecule has 0 unspecified atom stereocenters. The Morgan fingerprint density at radius 2 is 1.27 bits per heavy atom. The molecule has 0 aliphatic carbocycles. The number of phenolic OH excluding ortho intramolecular Hbond substituents is 1. The van der Waals surface area contributed by atoms with Gasteiger partial charge in [-0.05, 0) is 89.8 Å². The average molecular weight is 1080 g/mol. The number of aromatic hydroxyl groups is 1. The fourth-order valence-corrected chi connectivity index (χ4v) is 8.93. The molecule has 0 fully saturated rings. The number of azo groups is 1. The summed E-state index contributed by atoms with van der Waals surface area (Å²) in [7, 11) is -23.8. The van der Waals surface area contributed by atoms with Crippen LogP contribution in [0.5, 0.6) is 5.75 Å². The van der Waals surface area contributed by atoms with Gasteiger partial charge in [-0.25, -0.2) is 22.6 Å². The van der Waals surface area contributed by atoms with E-state index in [1.54, 1.807) is 0 Å². The number of hydrogen-bond acceptors (Lipinski definition) is 18. The van der Waals surface area contributed by atoms with E-state index in [1.165, 1.54) is 48.5 Å². The van der Waals surface area contributed by atoms with Gasteiger partial charge >= 0.3 is 10.4 Å². The van der Waals surface area contributed by atoms with Crippen LogP contribution >= 0.6 is 11.6 Å². The summed E-state index contributed by atoms with van der Waals surface area (Å²) in [5, 5.41) is 21.3. The Balaban J connectivity index is 0.00000385. The van der Waals surface area contributed by atoms with Crippen LogP contribution in [0.4, 0.5) is 34.1 Å². The molecule has 1 heterocycles. The molecule has 0 bridgehead atoms. The van der Waals surface area contributed by atoms with Gasteiger partial charge in [-0.2, -0.15) is 38.7 Å². The summed E-state index contributed by atoms with van der Waals surface area (Å²) in [6, 6.07) is 17.9. The number of H-pyrrole nitrogens is 2. The van der Waals surface area contributed by atoms with E-state index in [2.05, 4.69) is 44.7 Å². The standard InChI is InChI=1S/C33H27ClN8O16S5.4Na/c34-31-38-32(36-20-4-1-5-23(14-20)59(44,45)12-11-58-63(55,56)57)40-33(39-31)37-22-9-10-27(61(49,50)51)26(17-22)41-42-29-28(62(52,53)54)13-18-7-8-21(16-25(18)30(29)43)35-19-3-2-6-24(15-19)60(46,47)48;;;;/h1-10,13-17,35,43H,11-12H2,(H,46,47,48)(H,49,50,51)(H,52,53,54)(H,55,56,57)(H2,36,37,38,39,40);;;;. The number of halogens is 1. The molecule has 0 saturated heterocycles. The topological polar surface area (TPSA) is 387 Å². The van der Waals surface area contributed by atoms with Gasteiger partial charge in [0.15, 0.2) is 15.6 Å². The van der Waals surface area contributed by atoms with Crippen molar-refractivity contribution in [2.45, 2.75) is 19.6 Å².